The third kappa shape index (κ3) is 4.75. The quantitative estimate of drug-likeness (QED) is 0.341. The van der Waals surface area contributed by atoms with E-state index in [1.54, 1.807) is 0 Å². The van der Waals surface area contributed by atoms with Gasteiger partial charge in [0.05, 0.1) is 30.1 Å². The Balaban J connectivity index is 2.78. The zero-order valence-electron chi connectivity index (χ0n) is 11.7. The molecule has 0 heterocycles. The third-order valence-corrected chi connectivity index (χ3v) is 2.49. The molecule has 0 saturated carbocycles. The smallest absolute Gasteiger partial charge is 0.338 e. The number of nitro benzene ring substituents is 1. The van der Waals surface area contributed by atoms with Crippen LogP contribution in [-0.2, 0) is 9.53 Å². The van der Waals surface area contributed by atoms with E-state index in [4.69, 9.17) is 10.00 Å². The number of rotatable bonds is 7. The summed E-state index contributed by atoms with van der Waals surface area (Å²) in [5.74, 6) is -1.38. The van der Waals surface area contributed by atoms with Crippen molar-refractivity contribution in [2.75, 3.05) is 20.3 Å². The van der Waals surface area contributed by atoms with Crippen molar-refractivity contribution in [1.29, 1.82) is 5.26 Å². The Hall–Kier alpha value is -3.15. The van der Waals surface area contributed by atoms with Gasteiger partial charge >= 0.3 is 11.7 Å². The molecule has 116 valence electrons. The summed E-state index contributed by atoms with van der Waals surface area (Å²) < 4.78 is 9.54. The number of hydrogen-bond donors (Lipinski definition) is 1. The number of nitro groups is 1. The number of nitrogens with zero attached hydrogens (tertiary/aromatic N) is 2. The Bertz CT molecular complexity index is 623. The second kappa shape index (κ2) is 8.21. The summed E-state index contributed by atoms with van der Waals surface area (Å²) in [4.78, 5) is 33.0. The van der Waals surface area contributed by atoms with E-state index in [1.807, 2.05) is 6.07 Å². The fourth-order valence-electron chi connectivity index (χ4n) is 1.48. The van der Waals surface area contributed by atoms with E-state index in [-0.39, 0.29) is 24.3 Å². The molecule has 0 aliphatic rings. The van der Waals surface area contributed by atoms with Gasteiger partial charge in [-0.1, -0.05) is 0 Å². The first kappa shape index (κ1) is 16.9. The fourth-order valence-corrected chi connectivity index (χ4v) is 1.48. The van der Waals surface area contributed by atoms with Crippen LogP contribution in [0.5, 0.6) is 5.75 Å². The van der Waals surface area contributed by atoms with Crippen LogP contribution in [0.15, 0.2) is 18.2 Å². The van der Waals surface area contributed by atoms with Crippen molar-refractivity contribution in [3.63, 3.8) is 0 Å². The summed E-state index contributed by atoms with van der Waals surface area (Å²) in [6.45, 7) is -0.272. The molecule has 1 amide bonds. The highest BCUT2D eigenvalue weighted by Gasteiger charge is 2.19. The predicted molar refractivity (Wildman–Crippen MR) is 73.2 cm³/mol. The number of carbonyl (C=O) groups excluding carboxylic acids is 2. The highest BCUT2D eigenvalue weighted by atomic mass is 16.6. The van der Waals surface area contributed by atoms with Gasteiger partial charge in [0.1, 0.15) is 0 Å². The van der Waals surface area contributed by atoms with Crippen molar-refractivity contribution < 1.29 is 24.0 Å². The molecule has 0 aromatic heterocycles. The summed E-state index contributed by atoms with van der Waals surface area (Å²) >= 11 is 0. The molecule has 1 aromatic rings. The van der Waals surface area contributed by atoms with E-state index in [0.717, 1.165) is 13.2 Å². The van der Waals surface area contributed by atoms with Crippen LogP contribution in [-0.4, -0.2) is 37.1 Å². The van der Waals surface area contributed by atoms with Crippen LogP contribution in [0.3, 0.4) is 0 Å². The summed E-state index contributed by atoms with van der Waals surface area (Å²) in [6, 6.07) is 5.37. The van der Waals surface area contributed by atoms with Gasteiger partial charge in [-0.15, -0.1) is 0 Å². The lowest BCUT2D eigenvalue weighted by atomic mass is 10.2. The number of nitriles is 1. The van der Waals surface area contributed by atoms with Crippen LogP contribution in [0, 0.1) is 21.4 Å². The number of esters is 1. The first-order chi connectivity index (χ1) is 10.5. The maximum absolute atomic E-state index is 11.4. The van der Waals surface area contributed by atoms with Gasteiger partial charge in [-0.3, -0.25) is 14.9 Å². The zero-order valence-corrected chi connectivity index (χ0v) is 11.7. The molecule has 0 bridgehead atoms. The molecule has 0 atom stereocenters. The molecule has 0 saturated heterocycles. The number of benzene rings is 1. The van der Waals surface area contributed by atoms with Crippen LogP contribution in [0.4, 0.5) is 5.69 Å². The van der Waals surface area contributed by atoms with Crippen molar-refractivity contribution in [3.8, 4) is 11.8 Å². The largest absolute Gasteiger partial charge is 0.477 e. The lowest BCUT2D eigenvalue weighted by molar-refractivity contribution is -0.385. The van der Waals surface area contributed by atoms with Crippen LogP contribution < -0.4 is 10.1 Å². The number of ether oxygens (including phenoxy) is 2. The number of amides is 1. The molecule has 0 spiro atoms. The van der Waals surface area contributed by atoms with Crippen LogP contribution in [0.2, 0.25) is 0 Å². The molecule has 1 aromatic carbocycles. The third-order valence-electron chi connectivity index (χ3n) is 2.49. The number of nitrogens with one attached hydrogen (secondary N) is 1. The normalized spacial score (nSPS) is 9.45. The van der Waals surface area contributed by atoms with Gasteiger partial charge in [0.2, 0.25) is 0 Å². The van der Waals surface area contributed by atoms with E-state index in [9.17, 15) is 19.7 Å². The topological polar surface area (TPSA) is 132 Å². The number of carbonyl (C=O) groups is 2. The molecule has 22 heavy (non-hydrogen) atoms. The average Bonchev–Trinajstić information content (AvgIpc) is 2.52. The second-order valence-corrected chi connectivity index (χ2v) is 3.98. The molecule has 0 aliphatic heterocycles. The van der Waals surface area contributed by atoms with E-state index < -0.39 is 29.1 Å². The van der Waals surface area contributed by atoms with Gasteiger partial charge < -0.3 is 14.8 Å². The van der Waals surface area contributed by atoms with Crippen molar-refractivity contribution >= 4 is 17.6 Å². The molecule has 0 radical (unpaired) electrons. The fraction of sp³-hybridized carbons (Fsp3) is 0.308. The van der Waals surface area contributed by atoms with E-state index in [1.165, 1.54) is 12.1 Å². The summed E-state index contributed by atoms with van der Waals surface area (Å²) in [5.41, 5.74) is -0.451. The molecular weight excluding hydrogens is 294 g/mol. The molecule has 0 aliphatic carbocycles. The SMILES string of the molecule is COC(=O)c1ccc(OCC(=O)NCCC#N)c([N+](=O)[O-])c1. The van der Waals surface area contributed by atoms with Crippen molar-refractivity contribution in [3.05, 3.63) is 33.9 Å². The van der Waals surface area contributed by atoms with Gasteiger partial charge in [0.25, 0.3) is 5.91 Å². The molecule has 9 nitrogen and oxygen atoms in total. The first-order valence-corrected chi connectivity index (χ1v) is 6.12. The average molecular weight is 307 g/mol. The Morgan fingerprint density at radius 3 is 2.77 bits per heavy atom. The summed E-state index contributed by atoms with van der Waals surface area (Å²) in [7, 11) is 1.16. The maximum Gasteiger partial charge on any atom is 0.338 e. The van der Waals surface area contributed by atoms with E-state index in [0.29, 0.717) is 0 Å². The maximum atomic E-state index is 11.4. The van der Waals surface area contributed by atoms with Crippen LogP contribution >= 0.6 is 0 Å². The highest BCUT2D eigenvalue weighted by Crippen LogP contribution is 2.28. The Morgan fingerprint density at radius 1 is 1.45 bits per heavy atom. The second-order valence-electron chi connectivity index (χ2n) is 3.98. The minimum Gasteiger partial charge on any atom is -0.477 e. The van der Waals surface area contributed by atoms with Gasteiger partial charge in [0, 0.05) is 12.6 Å². The van der Waals surface area contributed by atoms with Crippen molar-refractivity contribution in [2.45, 2.75) is 6.42 Å². The molecule has 0 fully saturated rings. The molecular formula is C13H13N3O6. The Kier molecular flexibility index (Phi) is 6.31. The number of methoxy groups -OCH3 is 1. The lowest BCUT2D eigenvalue weighted by Gasteiger charge is -2.08. The summed E-state index contributed by atoms with van der Waals surface area (Å²) in [5, 5.41) is 21.7. The molecule has 0 unspecified atom stereocenters. The molecule has 1 N–H and O–H groups in total. The minimum atomic E-state index is -0.727. The number of hydrogen-bond acceptors (Lipinski definition) is 7. The molecule has 1 rings (SSSR count). The van der Waals surface area contributed by atoms with Crippen LogP contribution in [0.25, 0.3) is 0 Å². The van der Waals surface area contributed by atoms with E-state index >= 15 is 0 Å². The highest BCUT2D eigenvalue weighted by molar-refractivity contribution is 5.90. The van der Waals surface area contributed by atoms with Gasteiger partial charge in [0.15, 0.2) is 12.4 Å². The summed E-state index contributed by atoms with van der Waals surface area (Å²) in [6.07, 6.45) is 0.152. The zero-order chi connectivity index (χ0) is 16.5. The van der Waals surface area contributed by atoms with Crippen LogP contribution in [0.1, 0.15) is 16.8 Å². The first-order valence-electron chi connectivity index (χ1n) is 6.12. The predicted octanol–water partition coefficient (Wildman–Crippen LogP) is 0.790. The van der Waals surface area contributed by atoms with Gasteiger partial charge in [-0.25, -0.2) is 4.79 Å². The van der Waals surface area contributed by atoms with Gasteiger partial charge in [-0.2, -0.15) is 5.26 Å². The van der Waals surface area contributed by atoms with Crippen molar-refractivity contribution in [2.24, 2.45) is 0 Å². The lowest BCUT2D eigenvalue weighted by Crippen LogP contribution is -2.29. The monoisotopic (exact) mass is 307 g/mol. The Labute approximate surface area is 125 Å². The minimum absolute atomic E-state index is 0.0000201. The van der Waals surface area contributed by atoms with E-state index in [2.05, 4.69) is 10.1 Å². The Morgan fingerprint density at radius 2 is 2.18 bits per heavy atom. The van der Waals surface area contributed by atoms with Gasteiger partial charge in [-0.05, 0) is 12.1 Å². The molecule has 9 heteroatoms. The standard InChI is InChI=1S/C13H13N3O6/c1-21-13(18)9-3-4-11(10(7-9)16(19)20)22-8-12(17)15-6-2-5-14/h3-4,7H,2,6,8H2,1H3,(H,15,17). The van der Waals surface area contributed by atoms with Crippen molar-refractivity contribution in [1.82, 2.24) is 5.32 Å².